The minimum Gasteiger partial charge on any atom is -0.355 e. The zero-order valence-corrected chi connectivity index (χ0v) is 22.9. The molecule has 0 heterocycles. The maximum absolute atomic E-state index is 13.9. The van der Waals surface area contributed by atoms with Crippen molar-refractivity contribution in [2.24, 2.45) is 0 Å². The monoisotopic (exact) mass is 561 g/mol. The molecule has 37 heavy (non-hydrogen) atoms. The van der Waals surface area contributed by atoms with Crippen LogP contribution in [0.4, 0.5) is 5.69 Å². The van der Waals surface area contributed by atoms with Gasteiger partial charge in [0.15, 0.2) is 0 Å². The topological polar surface area (TPSA) is 86.8 Å². The number of carbonyl (C=O) groups is 2. The summed E-state index contributed by atoms with van der Waals surface area (Å²) in [6.07, 6.45) is 1.28. The maximum atomic E-state index is 13.9. The lowest BCUT2D eigenvalue weighted by molar-refractivity contribution is -0.140. The molecule has 1 unspecified atom stereocenters. The smallest absolute Gasteiger partial charge is 0.244 e. The second-order valence-corrected chi connectivity index (χ2v) is 11.2. The second kappa shape index (κ2) is 12.9. The molecule has 1 N–H and O–H groups in total. The SMILES string of the molecule is CCNC(=O)C(Cc1ccccc1)N(Cc1ccc(Cl)c(Cl)c1)C(=O)CN(c1ccccc1)S(C)(=O)=O. The molecule has 196 valence electrons. The lowest BCUT2D eigenvalue weighted by atomic mass is 10.0. The van der Waals surface area contributed by atoms with Gasteiger partial charge >= 0.3 is 0 Å². The molecule has 0 aromatic heterocycles. The summed E-state index contributed by atoms with van der Waals surface area (Å²) in [6.45, 7) is 1.72. The van der Waals surface area contributed by atoms with Crippen LogP contribution in [0.5, 0.6) is 0 Å². The third-order valence-corrected chi connectivity index (χ3v) is 7.56. The lowest BCUT2D eigenvalue weighted by Crippen LogP contribution is -2.53. The molecular weight excluding hydrogens is 533 g/mol. The number of rotatable bonds is 11. The molecule has 1 atom stereocenters. The number of nitrogens with one attached hydrogen (secondary N) is 1. The minimum atomic E-state index is -3.80. The van der Waals surface area contributed by atoms with Gasteiger partial charge in [-0.25, -0.2) is 8.42 Å². The van der Waals surface area contributed by atoms with E-state index in [2.05, 4.69) is 5.32 Å². The highest BCUT2D eigenvalue weighted by Crippen LogP contribution is 2.25. The van der Waals surface area contributed by atoms with Crippen molar-refractivity contribution in [2.45, 2.75) is 25.9 Å². The van der Waals surface area contributed by atoms with Gasteiger partial charge in [0.1, 0.15) is 12.6 Å². The van der Waals surface area contributed by atoms with Gasteiger partial charge in [-0.3, -0.25) is 13.9 Å². The van der Waals surface area contributed by atoms with Crippen molar-refractivity contribution in [3.05, 3.63) is 100 Å². The van der Waals surface area contributed by atoms with E-state index in [1.807, 2.05) is 30.3 Å². The Morgan fingerprint density at radius 3 is 2.08 bits per heavy atom. The summed E-state index contributed by atoms with van der Waals surface area (Å²) in [5, 5.41) is 3.48. The molecule has 0 fully saturated rings. The molecule has 0 aliphatic heterocycles. The van der Waals surface area contributed by atoms with Crippen LogP contribution in [0.2, 0.25) is 10.0 Å². The molecule has 3 rings (SSSR count). The van der Waals surface area contributed by atoms with Crippen molar-refractivity contribution in [1.82, 2.24) is 10.2 Å². The number of hydrogen-bond acceptors (Lipinski definition) is 4. The Morgan fingerprint density at radius 1 is 0.892 bits per heavy atom. The molecule has 10 heteroatoms. The van der Waals surface area contributed by atoms with Crippen LogP contribution in [0.15, 0.2) is 78.9 Å². The summed E-state index contributed by atoms with van der Waals surface area (Å²) in [6, 6.07) is 21.8. The molecule has 0 bridgehead atoms. The number of hydrogen-bond donors (Lipinski definition) is 1. The van der Waals surface area contributed by atoms with Crippen molar-refractivity contribution in [3.8, 4) is 0 Å². The van der Waals surface area contributed by atoms with Crippen LogP contribution in [0.1, 0.15) is 18.1 Å². The standard InChI is InChI=1S/C27H29Cl2N3O4S/c1-3-30-27(34)25(17-20-10-6-4-7-11-20)31(18-21-14-15-23(28)24(29)16-21)26(33)19-32(37(2,35)36)22-12-8-5-9-13-22/h4-16,25H,3,17-19H2,1-2H3,(H,30,34). The molecule has 3 aromatic rings. The third kappa shape index (κ3) is 7.95. The van der Waals surface area contributed by atoms with Crippen molar-refractivity contribution >= 4 is 50.7 Å². The summed E-state index contributed by atoms with van der Waals surface area (Å²) in [4.78, 5) is 28.5. The van der Waals surface area contributed by atoms with Crippen LogP contribution in [-0.4, -0.2) is 50.5 Å². The van der Waals surface area contributed by atoms with Gasteiger partial charge in [0.2, 0.25) is 21.8 Å². The fourth-order valence-electron chi connectivity index (χ4n) is 3.89. The summed E-state index contributed by atoms with van der Waals surface area (Å²) in [5.74, 6) is -0.877. The number of nitrogens with zero attached hydrogens (tertiary/aromatic N) is 2. The average Bonchev–Trinajstić information content (AvgIpc) is 2.87. The number of anilines is 1. The molecule has 0 aliphatic rings. The predicted molar refractivity (Wildman–Crippen MR) is 148 cm³/mol. The molecule has 0 spiro atoms. The first-order valence-electron chi connectivity index (χ1n) is 11.7. The molecule has 0 radical (unpaired) electrons. The number of carbonyl (C=O) groups excluding carboxylic acids is 2. The number of benzene rings is 3. The number of sulfonamides is 1. The van der Waals surface area contributed by atoms with Crippen molar-refractivity contribution in [3.63, 3.8) is 0 Å². The summed E-state index contributed by atoms with van der Waals surface area (Å²) in [5.41, 5.74) is 1.86. The van der Waals surface area contributed by atoms with E-state index in [0.717, 1.165) is 16.1 Å². The predicted octanol–water partition coefficient (Wildman–Crippen LogP) is 4.54. The van der Waals surface area contributed by atoms with E-state index >= 15 is 0 Å². The van der Waals surface area contributed by atoms with E-state index in [4.69, 9.17) is 23.2 Å². The lowest BCUT2D eigenvalue weighted by Gasteiger charge is -2.33. The molecule has 0 aliphatic carbocycles. The Bertz CT molecular complexity index is 1320. The zero-order valence-electron chi connectivity index (χ0n) is 20.6. The Morgan fingerprint density at radius 2 is 1.51 bits per heavy atom. The largest absolute Gasteiger partial charge is 0.355 e. The second-order valence-electron chi connectivity index (χ2n) is 8.48. The van der Waals surface area contributed by atoms with Crippen LogP contribution in [0.25, 0.3) is 0 Å². The highest BCUT2D eigenvalue weighted by atomic mass is 35.5. The number of amides is 2. The van der Waals surface area contributed by atoms with E-state index in [0.29, 0.717) is 27.8 Å². The van der Waals surface area contributed by atoms with Gasteiger partial charge < -0.3 is 10.2 Å². The van der Waals surface area contributed by atoms with Gasteiger partial charge in [-0.2, -0.15) is 0 Å². The van der Waals surface area contributed by atoms with Crippen LogP contribution < -0.4 is 9.62 Å². The van der Waals surface area contributed by atoms with Crippen LogP contribution in [-0.2, 0) is 32.6 Å². The van der Waals surface area contributed by atoms with E-state index in [1.54, 1.807) is 55.5 Å². The molecule has 3 aromatic carbocycles. The highest BCUT2D eigenvalue weighted by molar-refractivity contribution is 7.92. The minimum absolute atomic E-state index is 0.0246. The average molecular weight is 563 g/mol. The van der Waals surface area contributed by atoms with E-state index in [-0.39, 0.29) is 18.9 Å². The van der Waals surface area contributed by atoms with Crippen LogP contribution in [0, 0.1) is 0 Å². The van der Waals surface area contributed by atoms with Gasteiger partial charge in [-0.1, -0.05) is 77.8 Å². The highest BCUT2D eigenvalue weighted by Gasteiger charge is 2.32. The maximum Gasteiger partial charge on any atom is 0.244 e. The first-order valence-corrected chi connectivity index (χ1v) is 14.3. The first kappa shape index (κ1) is 28.5. The summed E-state index contributed by atoms with van der Waals surface area (Å²) >= 11 is 12.3. The molecule has 7 nitrogen and oxygen atoms in total. The van der Waals surface area contributed by atoms with Crippen molar-refractivity contribution in [1.29, 1.82) is 0 Å². The molecule has 0 saturated heterocycles. The van der Waals surface area contributed by atoms with Crippen LogP contribution in [0.3, 0.4) is 0 Å². The molecule has 0 saturated carbocycles. The van der Waals surface area contributed by atoms with Crippen LogP contribution >= 0.6 is 23.2 Å². The van der Waals surface area contributed by atoms with Gasteiger partial charge in [0, 0.05) is 19.5 Å². The fourth-order valence-corrected chi connectivity index (χ4v) is 5.06. The Balaban J connectivity index is 2.04. The Kier molecular flexibility index (Phi) is 9.97. The van der Waals surface area contributed by atoms with E-state index < -0.39 is 28.5 Å². The number of halogens is 2. The molecule has 2 amide bonds. The van der Waals surface area contributed by atoms with Crippen molar-refractivity contribution in [2.75, 3.05) is 23.7 Å². The Hall–Kier alpha value is -3.07. The van der Waals surface area contributed by atoms with Gasteiger partial charge in [-0.05, 0) is 42.3 Å². The van der Waals surface area contributed by atoms with E-state index in [9.17, 15) is 18.0 Å². The van der Waals surface area contributed by atoms with Gasteiger partial charge in [0.05, 0.1) is 22.0 Å². The van der Waals surface area contributed by atoms with E-state index in [1.165, 1.54) is 4.90 Å². The fraction of sp³-hybridized carbons (Fsp3) is 0.259. The van der Waals surface area contributed by atoms with Crippen molar-refractivity contribution < 1.29 is 18.0 Å². The zero-order chi connectivity index (χ0) is 27.0. The molecular formula is C27H29Cl2N3O4S. The quantitative estimate of drug-likeness (QED) is 0.372. The Labute approximate surface area is 228 Å². The first-order chi connectivity index (χ1) is 17.6. The van der Waals surface area contributed by atoms with Gasteiger partial charge in [0.25, 0.3) is 0 Å². The summed E-state index contributed by atoms with van der Waals surface area (Å²) in [7, 11) is -3.80. The number of para-hydroxylation sites is 1. The summed E-state index contributed by atoms with van der Waals surface area (Å²) < 4.78 is 26.4. The third-order valence-electron chi connectivity index (χ3n) is 5.68. The van der Waals surface area contributed by atoms with Gasteiger partial charge in [-0.15, -0.1) is 0 Å². The normalized spacial score (nSPS) is 12.0. The number of likely N-dealkylation sites (N-methyl/N-ethyl adjacent to an activating group) is 1.